The van der Waals surface area contributed by atoms with E-state index in [0.717, 1.165) is 25.9 Å². The Morgan fingerprint density at radius 2 is 2.18 bits per heavy atom. The summed E-state index contributed by atoms with van der Waals surface area (Å²) in [6, 6.07) is 6.59. The van der Waals surface area contributed by atoms with Gasteiger partial charge in [-0.05, 0) is 43.4 Å². The smallest absolute Gasteiger partial charge is 0.253 e. The molecular weight excluding hydrogens is 214 g/mol. The van der Waals surface area contributed by atoms with Crippen molar-refractivity contribution in [3.05, 3.63) is 29.8 Å². The van der Waals surface area contributed by atoms with Crippen LogP contribution in [-0.2, 0) is 0 Å². The summed E-state index contributed by atoms with van der Waals surface area (Å²) in [4.78, 5) is 14.1. The third-order valence-corrected chi connectivity index (χ3v) is 3.40. The largest absolute Gasteiger partial charge is 0.508 e. The van der Waals surface area contributed by atoms with Crippen LogP contribution >= 0.6 is 0 Å². The fourth-order valence-corrected chi connectivity index (χ4v) is 2.29. The van der Waals surface area contributed by atoms with Gasteiger partial charge in [-0.15, -0.1) is 0 Å². The van der Waals surface area contributed by atoms with Gasteiger partial charge in [-0.2, -0.15) is 0 Å². The van der Waals surface area contributed by atoms with Crippen molar-refractivity contribution in [2.24, 2.45) is 5.92 Å². The van der Waals surface area contributed by atoms with E-state index in [2.05, 4.69) is 6.92 Å². The molecule has 1 atom stereocenters. The molecular formula is C14H19NO2. The summed E-state index contributed by atoms with van der Waals surface area (Å²) in [6.45, 7) is 3.90. The molecule has 2 rings (SSSR count). The number of benzene rings is 1. The summed E-state index contributed by atoms with van der Waals surface area (Å²) in [7, 11) is 0. The van der Waals surface area contributed by atoms with Gasteiger partial charge >= 0.3 is 0 Å². The fourth-order valence-electron chi connectivity index (χ4n) is 2.29. The molecule has 0 aromatic heterocycles. The zero-order valence-electron chi connectivity index (χ0n) is 10.2. The van der Waals surface area contributed by atoms with E-state index < -0.39 is 0 Å². The van der Waals surface area contributed by atoms with Crippen LogP contribution in [0.5, 0.6) is 5.75 Å². The summed E-state index contributed by atoms with van der Waals surface area (Å²) in [5, 5.41) is 9.39. The van der Waals surface area contributed by atoms with E-state index in [1.807, 2.05) is 4.90 Å². The highest BCUT2D eigenvalue weighted by atomic mass is 16.3. The molecule has 3 nitrogen and oxygen atoms in total. The molecule has 1 N–H and O–H groups in total. The zero-order valence-corrected chi connectivity index (χ0v) is 10.2. The SMILES string of the molecule is CC1CCCN(C(=O)c2cccc(O)c2)CC1. The number of amides is 1. The van der Waals surface area contributed by atoms with Crippen LogP contribution in [0.1, 0.15) is 36.5 Å². The summed E-state index contributed by atoms with van der Waals surface area (Å²) in [5.41, 5.74) is 0.583. The van der Waals surface area contributed by atoms with E-state index in [0.29, 0.717) is 11.5 Å². The van der Waals surface area contributed by atoms with Gasteiger partial charge in [0.15, 0.2) is 0 Å². The van der Waals surface area contributed by atoms with E-state index in [1.54, 1.807) is 18.2 Å². The Balaban J connectivity index is 2.09. The van der Waals surface area contributed by atoms with Crippen LogP contribution in [0.15, 0.2) is 24.3 Å². The number of carbonyl (C=O) groups is 1. The lowest BCUT2D eigenvalue weighted by Gasteiger charge is -2.20. The van der Waals surface area contributed by atoms with Gasteiger partial charge in [0.05, 0.1) is 0 Å². The van der Waals surface area contributed by atoms with Crippen molar-refractivity contribution in [2.75, 3.05) is 13.1 Å². The lowest BCUT2D eigenvalue weighted by molar-refractivity contribution is 0.0760. The van der Waals surface area contributed by atoms with E-state index in [4.69, 9.17) is 0 Å². The fraction of sp³-hybridized carbons (Fsp3) is 0.500. The molecule has 1 aliphatic rings. The average Bonchev–Trinajstić information content (AvgIpc) is 2.53. The first-order chi connectivity index (χ1) is 8.16. The minimum atomic E-state index is 0.0370. The topological polar surface area (TPSA) is 40.5 Å². The Morgan fingerprint density at radius 3 is 2.94 bits per heavy atom. The quantitative estimate of drug-likeness (QED) is 0.810. The molecule has 1 fully saturated rings. The van der Waals surface area contributed by atoms with Crippen LogP contribution in [0.2, 0.25) is 0 Å². The van der Waals surface area contributed by atoms with Crippen molar-refractivity contribution in [3.8, 4) is 5.75 Å². The molecule has 1 aromatic rings. The van der Waals surface area contributed by atoms with Gasteiger partial charge in [0.25, 0.3) is 5.91 Å². The predicted molar refractivity (Wildman–Crippen MR) is 67.0 cm³/mol. The maximum absolute atomic E-state index is 12.2. The highest BCUT2D eigenvalue weighted by molar-refractivity contribution is 5.94. The number of rotatable bonds is 1. The lowest BCUT2D eigenvalue weighted by Crippen LogP contribution is -2.31. The number of hydrogen-bond acceptors (Lipinski definition) is 2. The minimum absolute atomic E-state index is 0.0370. The first-order valence-corrected chi connectivity index (χ1v) is 6.25. The second-order valence-electron chi connectivity index (χ2n) is 4.88. The van der Waals surface area contributed by atoms with Crippen molar-refractivity contribution in [2.45, 2.75) is 26.2 Å². The van der Waals surface area contributed by atoms with Crippen molar-refractivity contribution in [1.82, 2.24) is 4.90 Å². The van der Waals surface area contributed by atoms with Crippen molar-refractivity contribution >= 4 is 5.91 Å². The maximum Gasteiger partial charge on any atom is 0.253 e. The van der Waals surface area contributed by atoms with Gasteiger partial charge in [-0.1, -0.05) is 13.0 Å². The highest BCUT2D eigenvalue weighted by Gasteiger charge is 2.19. The zero-order chi connectivity index (χ0) is 12.3. The Labute approximate surface area is 102 Å². The van der Waals surface area contributed by atoms with E-state index in [9.17, 15) is 9.90 Å². The number of phenolic OH excluding ortho intramolecular Hbond substituents is 1. The summed E-state index contributed by atoms with van der Waals surface area (Å²) >= 11 is 0. The highest BCUT2D eigenvalue weighted by Crippen LogP contribution is 2.19. The Kier molecular flexibility index (Phi) is 3.67. The Hall–Kier alpha value is -1.51. The second kappa shape index (κ2) is 5.21. The van der Waals surface area contributed by atoms with E-state index >= 15 is 0 Å². The number of phenols is 1. The van der Waals surface area contributed by atoms with Crippen LogP contribution in [0.25, 0.3) is 0 Å². The van der Waals surface area contributed by atoms with Crippen molar-refractivity contribution < 1.29 is 9.90 Å². The predicted octanol–water partition coefficient (Wildman–Crippen LogP) is 2.65. The molecule has 0 spiro atoms. The normalized spacial score (nSPS) is 21.0. The molecule has 17 heavy (non-hydrogen) atoms. The molecule has 0 saturated carbocycles. The first-order valence-electron chi connectivity index (χ1n) is 6.25. The average molecular weight is 233 g/mol. The molecule has 1 aliphatic heterocycles. The molecule has 0 radical (unpaired) electrons. The van der Waals surface area contributed by atoms with Gasteiger partial charge in [0.2, 0.25) is 0 Å². The van der Waals surface area contributed by atoms with Gasteiger partial charge in [-0.3, -0.25) is 4.79 Å². The van der Waals surface area contributed by atoms with E-state index in [-0.39, 0.29) is 11.7 Å². The summed E-state index contributed by atoms with van der Waals surface area (Å²) < 4.78 is 0. The summed E-state index contributed by atoms with van der Waals surface area (Å²) in [6.07, 6.45) is 3.35. The molecule has 1 unspecified atom stereocenters. The second-order valence-corrected chi connectivity index (χ2v) is 4.88. The van der Waals surface area contributed by atoms with Gasteiger partial charge in [0.1, 0.15) is 5.75 Å². The van der Waals surface area contributed by atoms with Crippen LogP contribution in [-0.4, -0.2) is 29.0 Å². The Bertz CT molecular complexity index is 403. The third-order valence-electron chi connectivity index (χ3n) is 3.40. The molecule has 3 heteroatoms. The number of hydrogen-bond donors (Lipinski definition) is 1. The molecule has 1 aromatic carbocycles. The molecule has 1 amide bonds. The van der Waals surface area contributed by atoms with Gasteiger partial charge in [0, 0.05) is 18.7 Å². The van der Waals surface area contributed by atoms with Crippen LogP contribution in [0.3, 0.4) is 0 Å². The Morgan fingerprint density at radius 1 is 1.35 bits per heavy atom. The van der Waals surface area contributed by atoms with Crippen LogP contribution in [0, 0.1) is 5.92 Å². The number of carbonyl (C=O) groups excluding carboxylic acids is 1. The monoisotopic (exact) mass is 233 g/mol. The minimum Gasteiger partial charge on any atom is -0.508 e. The number of nitrogens with zero attached hydrogens (tertiary/aromatic N) is 1. The molecule has 0 bridgehead atoms. The van der Waals surface area contributed by atoms with Gasteiger partial charge in [-0.25, -0.2) is 0 Å². The van der Waals surface area contributed by atoms with Crippen molar-refractivity contribution in [3.63, 3.8) is 0 Å². The molecule has 1 saturated heterocycles. The first kappa shape index (κ1) is 12.0. The molecule has 92 valence electrons. The third kappa shape index (κ3) is 2.99. The van der Waals surface area contributed by atoms with Crippen LogP contribution in [0.4, 0.5) is 0 Å². The summed E-state index contributed by atoms with van der Waals surface area (Å²) in [5.74, 6) is 0.894. The number of likely N-dealkylation sites (tertiary alicyclic amines) is 1. The van der Waals surface area contributed by atoms with Crippen molar-refractivity contribution in [1.29, 1.82) is 0 Å². The van der Waals surface area contributed by atoms with E-state index in [1.165, 1.54) is 12.5 Å². The molecule has 0 aliphatic carbocycles. The maximum atomic E-state index is 12.2. The molecule has 1 heterocycles. The number of aromatic hydroxyl groups is 1. The van der Waals surface area contributed by atoms with Crippen LogP contribution < -0.4 is 0 Å². The lowest BCUT2D eigenvalue weighted by atomic mass is 10.0. The standard InChI is InChI=1S/C14H19NO2/c1-11-4-3-8-15(9-7-11)14(17)12-5-2-6-13(16)10-12/h2,5-6,10-11,16H,3-4,7-9H2,1H3. The van der Waals surface area contributed by atoms with Gasteiger partial charge < -0.3 is 10.0 Å².